The van der Waals surface area contributed by atoms with E-state index >= 15 is 0 Å². The van der Waals surface area contributed by atoms with Gasteiger partial charge in [-0.3, -0.25) is 9.59 Å². The summed E-state index contributed by atoms with van der Waals surface area (Å²) >= 11 is 0. The molecule has 0 aromatic heterocycles. The normalized spacial score (nSPS) is 14.8. The van der Waals surface area contributed by atoms with E-state index in [0.717, 1.165) is 31.5 Å². The van der Waals surface area contributed by atoms with Crippen molar-refractivity contribution in [2.75, 3.05) is 18.4 Å². The summed E-state index contributed by atoms with van der Waals surface area (Å²) < 4.78 is 0. The van der Waals surface area contributed by atoms with Gasteiger partial charge in [0, 0.05) is 24.3 Å². The molecule has 5 nitrogen and oxygen atoms in total. The Bertz CT molecular complexity index is 761. The zero-order valence-corrected chi connectivity index (χ0v) is 16.1. The molecular formula is C21H26ClN3O2. The molecule has 144 valence electrons. The summed E-state index contributed by atoms with van der Waals surface area (Å²) in [7, 11) is 0. The van der Waals surface area contributed by atoms with Gasteiger partial charge in [-0.1, -0.05) is 36.4 Å². The van der Waals surface area contributed by atoms with Gasteiger partial charge in [-0.25, -0.2) is 0 Å². The monoisotopic (exact) mass is 387 g/mol. The molecular weight excluding hydrogens is 362 g/mol. The Labute approximate surface area is 166 Å². The first-order valence-electron chi connectivity index (χ1n) is 9.13. The van der Waals surface area contributed by atoms with Crippen LogP contribution in [0.2, 0.25) is 0 Å². The van der Waals surface area contributed by atoms with E-state index in [2.05, 4.69) is 5.32 Å². The lowest BCUT2D eigenvalue weighted by atomic mass is 10.1. The second-order valence-electron chi connectivity index (χ2n) is 6.72. The molecule has 0 saturated carbocycles. The van der Waals surface area contributed by atoms with E-state index in [1.54, 1.807) is 24.3 Å². The van der Waals surface area contributed by atoms with Crippen molar-refractivity contribution < 1.29 is 9.59 Å². The number of nitrogens with one attached hydrogen (secondary N) is 1. The molecule has 6 heteroatoms. The number of hydrogen-bond acceptors (Lipinski definition) is 3. The van der Waals surface area contributed by atoms with Crippen molar-refractivity contribution in [3.8, 4) is 0 Å². The van der Waals surface area contributed by atoms with E-state index in [4.69, 9.17) is 5.73 Å². The third kappa shape index (κ3) is 5.81. The first-order valence-corrected chi connectivity index (χ1v) is 9.13. The zero-order valence-electron chi connectivity index (χ0n) is 15.3. The number of rotatable bonds is 5. The molecule has 0 aliphatic carbocycles. The predicted molar refractivity (Wildman–Crippen MR) is 110 cm³/mol. The summed E-state index contributed by atoms with van der Waals surface area (Å²) in [6, 6.07) is 16.1. The van der Waals surface area contributed by atoms with Crippen LogP contribution < -0.4 is 11.1 Å². The van der Waals surface area contributed by atoms with Crippen molar-refractivity contribution in [1.29, 1.82) is 0 Å². The SMILES string of the molecule is Cl.NC(Cc1ccccc1)C(=O)Nc1cccc(C(=O)N2CCCCC2)c1. The summed E-state index contributed by atoms with van der Waals surface area (Å²) in [5.74, 6) is -0.231. The van der Waals surface area contributed by atoms with Gasteiger partial charge in [0.1, 0.15) is 0 Å². The van der Waals surface area contributed by atoms with E-state index in [1.807, 2.05) is 35.2 Å². The minimum Gasteiger partial charge on any atom is -0.339 e. The van der Waals surface area contributed by atoms with Crippen LogP contribution in [0.5, 0.6) is 0 Å². The zero-order chi connectivity index (χ0) is 18.4. The molecule has 1 unspecified atom stereocenters. The second-order valence-corrected chi connectivity index (χ2v) is 6.72. The number of piperidine rings is 1. The van der Waals surface area contributed by atoms with Gasteiger partial charge >= 0.3 is 0 Å². The maximum atomic E-state index is 12.6. The molecule has 1 aliphatic rings. The van der Waals surface area contributed by atoms with E-state index in [1.165, 1.54) is 6.42 Å². The Morgan fingerprint density at radius 3 is 2.41 bits per heavy atom. The number of halogens is 1. The van der Waals surface area contributed by atoms with Crippen molar-refractivity contribution in [3.63, 3.8) is 0 Å². The summed E-state index contributed by atoms with van der Waals surface area (Å²) in [5.41, 5.74) is 8.24. The molecule has 0 radical (unpaired) electrons. The van der Waals surface area contributed by atoms with Crippen LogP contribution in [-0.2, 0) is 11.2 Å². The topological polar surface area (TPSA) is 75.4 Å². The summed E-state index contributed by atoms with van der Waals surface area (Å²) in [4.78, 5) is 26.9. The molecule has 0 spiro atoms. The summed E-state index contributed by atoms with van der Waals surface area (Å²) in [5, 5.41) is 2.83. The van der Waals surface area contributed by atoms with Crippen LogP contribution in [0.1, 0.15) is 35.2 Å². The number of nitrogens with two attached hydrogens (primary N) is 1. The fourth-order valence-corrected chi connectivity index (χ4v) is 3.21. The molecule has 1 fully saturated rings. The van der Waals surface area contributed by atoms with Crippen molar-refractivity contribution in [3.05, 3.63) is 65.7 Å². The number of anilines is 1. The first-order chi connectivity index (χ1) is 12.6. The maximum absolute atomic E-state index is 12.6. The van der Waals surface area contributed by atoms with Gasteiger partial charge in [0.05, 0.1) is 6.04 Å². The first kappa shape index (κ1) is 20.9. The maximum Gasteiger partial charge on any atom is 0.253 e. The molecule has 0 bridgehead atoms. The Morgan fingerprint density at radius 2 is 1.70 bits per heavy atom. The lowest BCUT2D eigenvalue weighted by molar-refractivity contribution is -0.117. The van der Waals surface area contributed by atoms with E-state index in [9.17, 15) is 9.59 Å². The molecule has 1 saturated heterocycles. The Morgan fingerprint density at radius 1 is 1.00 bits per heavy atom. The number of hydrogen-bond donors (Lipinski definition) is 2. The number of nitrogens with zero attached hydrogens (tertiary/aromatic N) is 1. The van der Waals surface area contributed by atoms with Gasteiger partial charge in [0.15, 0.2) is 0 Å². The number of amides is 2. The van der Waals surface area contributed by atoms with Crippen molar-refractivity contribution in [2.45, 2.75) is 31.7 Å². The largest absolute Gasteiger partial charge is 0.339 e. The highest BCUT2D eigenvalue weighted by Crippen LogP contribution is 2.17. The van der Waals surface area contributed by atoms with Crippen LogP contribution in [0, 0.1) is 0 Å². The van der Waals surface area contributed by atoms with E-state index in [-0.39, 0.29) is 24.2 Å². The molecule has 1 heterocycles. The highest BCUT2D eigenvalue weighted by atomic mass is 35.5. The molecule has 3 rings (SSSR count). The molecule has 1 atom stereocenters. The molecule has 2 aromatic rings. The lowest BCUT2D eigenvalue weighted by Crippen LogP contribution is -2.37. The van der Waals surface area contributed by atoms with Gasteiger partial charge in [0.2, 0.25) is 5.91 Å². The third-order valence-electron chi connectivity index (χ3n) is 4.66. The predicted octanol–water partition coefficient (Wildman–Crippen LogP) is 3.24. The van der Waals surface area contributed by atoms with Crippen molar-refractivity contribution in [2.24, 2.45) is 5.73 Å². The Balaban J connectivity index is 0.00000261. The summed E-state index contributed by atoms with van der Waals surface area (Å²) in [6.45, 7) is 1.61. The Hall–Kier alpha value is -2.37. The van der Waals surface area contributed by atoms with Crippen LogP contribution in [0.15, 0.2) is 54.6 Å². The summed E-state index contributed by atoms with van der Waals surface area (Å²) in [6.07, 6.45) is 3.76. The van der Waals surface area contributed by atoms with E-state index < -0.39 is 6.04 Å². The second kappa shape index (κ2) is 10.1. The van der Waals surface area contributed by atoms with Gasteiger partial charge in [0.25, 0.3) is 5.91 Å². The average Bonchev–Trinajstić information content (AvgIpc) is 2.69. The highest BCUT2D eigenvalue weighted by Gasteiger charge is 2.19. The molecule has 1 aliphatic heterocycles. The van der Waals surface area contributed by atoms with Gasteiger partial charge in [-0.05, 0) is 49.4 Å². The fourth-order valence-electron chi connectivity index (χ4n) is 3.21. The number of carbonyl (C=O) groups is 2. The van der Waals surface area contributed by atoms with Crippen molar-refractivity contribution in [1.82, 2.24) is 4.90 Å². The van der Waals surface area contributed by atoms with Crippen LogP contribution in [0.25, 0.3) is 0 Å². The minimum atomic E-state index is -0.640. The van der Waals surface area contributed by atoms with Gasteiger partial charge in [-0.2, -0.15) is 0 Å². The van der Waals surface area contributed by atoms with E-state index in [0.29, 0.717) is 17.7 Å². The van der Waals surface area contributed by atoms with Gasteiger partial charge < -0.3 is 16.0 Å². The average molecular weight is 388 g/mol. The van der Waals surface area contributed by atoms with Gasteiger partial charge in [-0.15, -0.1) is 12.4 Å². The van der Waals surface area contributed by atoms with Crippen LogP contribution in [0.3, 0.4) is 0 Å². The van der Waals surface area contributed by atoms with Crippen LogP contribution in [-0.4, -0.2) is 35.8 Å². The van der Waals surface area contributed by atoms with Crippen LogP contribution >= 0.6 is 12.4 Å². The molecule has 2 aromatic carbocycles. The Kier molecular flexibility index (Phi) is 7.82. The van der Waals surface area contributed by atoms with Crippen molar-refractivity contribution >= 4 is 29.9 Å². The minimum absolute atomic E-state index is 0. The third-order valence-corrected chi connectivity index (χ3v) is 4.66. The number of likely N-dealkylation sites (tertiary alicyclic amines) is 1. The van der Waals surface area contributed by atoms with Crippen LogP contribution in [0.4, 0.5) is 5.69 Å². The quantitative estimate of drug-likeness (QED) is 0.826. The number of carbonyl (C=O) groups excluding carboxylic acids is 2. The number of benzene rings is 2. The molecule has 27 heavy (non-hydrogen) atoms. The highest BCUT2D eigenvalue weighted by molar-refractivity contribution is 5.98. The lowest BCUT2D eigenvalue weighted by Gasteiger charge is -2.26. The molecule has 2 amide bonds. The fraction of sp³-hybridized carbons (Fsp3) is 0.333. The molecule has 3 N–H and O–H groups in total. The smallest absolute Gasteiger partial charge is 0.253 e. The standard InChI is InChI=1S/C21H25N3O2.ClH/c22-19(14-16-8-3-1-4-9-16)20(25)23-18-11-7-10-17(15-18)21(26)24-12-5-2-6-13-24;/h1,3-4,7-11,15,19H,2,5-6,12-14,22H2,(H,23,25);1H.